The SMILES string of the molecule is CCCCOCC.COC(=O)CCS(=O)(=O)c1cc(C2(S(C)(=O)=O)CCOCC2)cc(N)n1. The molecule has 12 heteroatoms. The molecule has 0 amide bonds. The molecule has 1 fully saturated rings. The molecular formula is C21H36N2O8S2. The van der Waals surface area contributed by atoms with E-state index >= 15 is 0 Å². The van der Waals surface area contributed by atoms with Crippen molar-refractivity contribution in [3.05, 3.63) is 17.7 Å². The maximum absolute atomic E-state index is 12.5. The lowest BCUT2D eigenvalue weighted by molar-refractivity contribution is -0.140. The summed E-state index contributed by atoms with van der Waals surface area (Å²) in [7, 11) is -6.36. The minimum atomic E-state index is -3.94. The van der Waals surface area contributed by atoms with E-state index in [2.05, 4.69) is 16.6 Å². The smallest absolute Gasteiger partial charge is 0.306 e. The summed E-state index contributed by atoms with van der Waals surface area (Å²) in [6.45, 7) is 6.46. The van der Waals surface area contributed by atoms with Crippen LogP contribution in [0.1, 0.15) is 51.5 Å². The van der Waals surface area contributed by atoms with Gasteiger partial charge < -0.3 is 19.9 Å². The average molecular weight is 509 g/mol. The van der Waals surface area contributed by atoms with Gasteiger partial charge in [0.15, 0.2) is 24.7 Å². The van der Waals surface area contributed by atoms with Crippen LogP contribution < -0.4 is 5.73 Å². The van der Waals surface area contributed by atoms with Gasteiger partial charge in [-0.3, -0.25) is 4.79 Å². The number of anilines is 1. The van der Waals surface area contributed by atoms with Crippen molar-refractivity contribution < 1.29 is 35.8 Å². The van der Waals surface area contributed by atoms with E-state index in [4.69, 9.17) is 15.2 Å². The van der Waals surface area contributed by atoms with Crippen LogP contribution in [0.4, 0.5) is 5.82 Å². The molecule has 1 aromatic heterocycles. The molecule has 1 aliphatic rings. The number of hydrogen-bond donors (Lipinski definition) is 1. The number of rotatable bonds is 10. The van der Waals surface area contributed by atoms with Gasteiger partial charge in [0.2, 0.25) is 0 Å². The minimum absolute atomic E-state index is 0.103. The number of nitrogens with two attached hydrogens (primary N) is 1. The van der Waals surface area contributed by atoms with E-state index in [1.165, 1.54) is 25.0 Å². The lowest BCUT2D eigenvalue weighted by atomic mass is 9.91. The summed E-state index contributed by atoms with van der Waals surface area (Å²) in [5, 5.41) is -0.356. The molecule has 0 radical (unpaired) electrons. The molecule has 1 saturated heterocycles. The molecule has 33 heavy (non-hydrogen) atoms. The normalized spacial score (nSPS) is 15.9. The Balaban J connectivity index is 0.000000675. The van der Waals surface area contributed by atoms with Crippen LogP contribution in [-0.2, 0) is 43.4 Å². The molecule has 190 valence electrons. The molecule has 2 rings (SSSR count). The van der Waals surface area contributed by atoms with E-state index in [1.807, 2.05) is 6.92 Å². The van der Waals surface area contributed by atoms with Crippen LogP contribution >= 0.6 is 0 Å². The lowest BCUT2D eigenvalue weighted by Gasteiger charge is -2.36. The molecule has 2 heterocycles. The molecule has 2 N–H and O–H groups in total. The molecule has 1 aliphatic heterocycles. The molecule has 1 aromatic rings. The van der Waals surface area contributed by atoms with Gasteiger partial charge in [0.25, 0.3) is 0 Å². The van der Waals surface area contributed by atoms with Crippen molar-refractivity contribution in [1.29, 1.82) is 0 Å². The predicted octanol–water partition coefficient (Wildman–Crippen LogP) is 1.87. The summed E-state index contributed by atoms with van der Waals surface area (Å²) in [5.41, 5.74) is 6.02. The Morgan fingerprint density at radius 1 is 1.18 bits per heavy atom. The lowest BCUT2D eigenvalue weighted by Crippen LogP contribution is -2.41. The Hall–Kier alpha value is -1.76. The van der Waals surface area contributed by atoms with Crippen LogP contribution in [0.25, 0.3) is 0 Å². The van der Waals surface area contributed by atoms with Gasteiger partial charge in [-0.05, 0) is 43.9 Å². The van der Waals surface area contributed by atoms with E-state index in [1.54, 1.807) is 0 Å². The first-order chi connectivity index (χ1) is 15.4. The van der Waals surface area contributed by atoms with Crippen LogP contribution in [0, 0.1) is 0 Å². The monoisotopic (exact) mass is 508 g/mol. The first-order valence-electron chi connectivity index (χ1n) is 10.9. The molecule has 0 spiro atoms. The molecule has 10 nitrogen and oxygen atoms in total. The highest BCUT2D eigenvalue weighted by atomic mass is 32.2. The van der Waals surface area contributed by atoms with Gasteiger partial charge in [0.1, 0.15) is 10.6 Å². The van der Waals surface area contributed by atoms with Gasteiger partial charge in [-0.1, -0.05) is 13.3 Å². The van der Waals surface area contributed by atoms with Gasteiger partial charge in [0.05, 0.1) is 19.3 Å². The zero-order chi connectivity index (χ0) is 25.1. The third-order valence-electron chi connectivity index (χ3n) is 5.33. The van der Waals surface area contributed by atoms with Crippen LogP contribution in [0.5, 0.6) is 0 Å². The predicted molar refractivity (Wildman–Crippen MR) is 125 cm³/mol. The van der Waals surface area contributed by atoms with Crippen LogP contribution in [0.15, 0.2) is 17.2 Å². The quantitative estimate of drug-likeness (QED) is 0.366. The van der Waals surface area contributed by atoms with E-state index < -0.39 is 36.1 Å². The Kier molecular flexibility index (Phi) is 11.7. The maximum Gasteiger partial charge on any atom is 0.306 e. The average Bonchev–Trinajstić information content (AvgIpc) is 2.77. The molecule has 0 aliphatic carbocycles. The van der Waals surface area contributed by atoms with Crippen LogP contribution in [-0.4, -0.2) is 73.3 Å². The largest absolute Gasteiger partial charge is 0.469 e. The Morgan fingerprint density at radius 2 is 1.82 bits per heavy atom. The highest BCUT2D eigenvalue weighted by molar-refractivity contribution is 7.92. The number of pyridine rings is 1. The molecule has 0 unspecified atom stereocenters. The number of aromatic nitrogens is 1. The van der Waals surface area contributed by atoms with Gasteiger partial charge in [-0.15, -0.1) is 0 Å². The van der Waals surface area contributed by atoms with E-state index in [-0.39, 0.29) is 48.9 Å². The summed E-state index contributed by atoms with van der Waals surface area (Å²) in [6, 6.07) is 2.61. The fourth-order valence-electron chi connectivity index (χ4n) is 3.34. The zero-order valence-electron chi connectivity index (χ0n) is 19.8. The summed E-state index contributed by atoms with van der Waals surface area (Å²) in [5.74, 6) is -1.28. The van der Waals surface area contributed by atoms with Crippen molar-refractivity contribution in [3.8, 4) is 0 Å². The highest BCUT2D eigenvalue weighted by Gasteiger charge is 2.44. The summed E-state index contributed by atoms with van der Waals surface area (Å²) >= 11 is 0. The number of carbonyl (C=O) groups is 1. The van der Waals surface area contributed by atoms with Gasteiger partial charge in [-0.2, -0.15) is 0 Å². The Labute approximate surface area is 197 Å². The number of carbonyl (C=O) groups excluding carboxylic acids is 1. The maximum atomic E-state index is 12.5. The number of hydrogen-bond acceptors (Lipinski definition) is 10. The number of nitrogen functional groups attached to an aromatic ring is 1. The van der Waals surface area contributed by atoms with E-state index in [0.717, 1.165) is 26.6 Å². The minimum Gasteiger partial charge on any atom is -0.469 e. The number of sulfone groups is 2. The van der Waals surface area contributed by atoms with Crippen molar-refractivity contribution in [1.82, 2.24) is 4.98 Å². The second-order valence-corrected chi connectivity index (χ2v) is 12.1. The fraction of sp³-hybridized carbons (Fsp3) is 0.714. The number of ether oxygens (including phenoxy) is 3. The topological polar surface area (TPSA) is 152 Å². The van der Waals surface area contributed by atoms with Gasteiger partial charge in [-0.25, -0.2) is 21.8 Å². The summed E-state index contributed by atoms with van der Waals surface area (Å²) in [6.07, 6.45) is 3.60. The highest BCUT2D eigenvalue weighted by Crippen LogP contribution is 2.40. The molecule has 0 atom stereocenters. The molecule has 0 saturated carbocycles. The van der Waals surface area contributed by atoms with Crippen LogP contribution in [0.2, 0.25) is 0 Å². The van der Waals surface area contributed by atoms with Crippen LogP contribution in [0.3, 0.4) is 0 Å². The third kappa shape index (κ3) is 8.51. The van der Waals surface area contributed by atoms with Crippen molar-refractivity contribution in [2.75, 3.05) is 51.3 Å². The third-order valence-corrected chi connectivity index (χ3v) is 8.98. The van der Waals surface area contributed by atoms with Gasteiger partial charge >= 0.3 is 5.97 Å². The van der Waals surface area contributed by atoms with Gasteiger partial charge in [0, 0.05) is 32.7 Å². The van der Waals surface area contributed by atoms with Crippen molar-refractivity contribution in [2.45, 2.75) is 55.7 Å². The number of unbranched alkanes of at least 4 members (excludes halogenated alkanes) is 1. The zero-order valence-corrected chi connectivity index (χ0v) is 21.5. The standard InChI is InChI=1S/C15H22N2O7S2.C6H14O/c1-23-14(18)3-8-26(21,22)13-10-11(9-12(16)17-13)15(25(2,19)20)4-6-24-7-5-15;1-3-5-6-7-4-2/h9-10H,3-8H2,1-2H3,(H2,16,17);3-6H2,1-2H3. The summed E-state index contributed by atoms with van der Waals surface area (Å²) < 4.78 is 63.5. The molecule has 0 aromatic carbocycles. The summed E-state index contributed by atoms with van der Waals surface area (Å²) in [4.78, 5) is 15.1. The number of esters is 1. The van der Waals surface area contributed by atoms with E-state index in [0.29, 0.717) is 0 Å². The number of nitrogens with zero attached hydrogens (tertiary/aromatic N) is 1. The first kappa shape index (κ1) is 29.3. The second-order valence-electron chi connectivity index (χ2n) is 7.69. The van der Waals surface area contributed by atoms with Crippen molar-refractivity contribution in [3.63, 3.8) is 0 Å². The fourth-order valence-corrected chi connectivity index (χ4v) is 5.99. The van der Waals surface area contributed by atoms with Crippen molar-refractivity contribution >= 4 is 31.5 Å². The van der Waals surface area contributed by atoms with Crippen molar-refractivity contribution in [2.24, 2.45) is 0 Å². The van der Waals surface area contributed by atoms with E-state index in [9.17, 15) is 21.6 Å². The second kappa shape index (κ2) is 13.2. The molecular weight excluding hydrogens is 472 g/mol. The Morgan fingerprint density at radius 3 is 2.33 bits per heavy atom. The number of methoxy groups -OCH3 is 1. The first-order valence-corrected chi connectivity index (χ1v) is 14.4. The Bertz CT molecular complexity index is 968. The molecule has 0 bridgehead atoms.